The van der Waals surface area contributed by atoms with Crippen LogP contribution >= 0.6 is 11.6 Å². The maximum atomic E-state index is 12.2. The minimum atomic E-state index is -0.839. The van der Waals surface area contributed by atoms with E-state index in [0.717, 1.165) is 11.1 Å². The Bertz CT molecular complexity index is 664. The summed E-state index contributed by atoms with van der Waals surface area (Å²) in [7, 11) is 0. The van der Waals surface area contributed by atoms with Gasteiger partial charge in [-0.3, -0.25) is 0 Å². The molecule has 0 aliphatic heterocycles. The van der Waals surface area contributed by atoms with Gasteiger partial charge in [0.2, 0.25) is 0 Å². The highest BCUT2D eigenvalue weighted by atomic mass is 35.5. The van der Waals surface area contributed by atoms with Crippen molar-refractivity contribution in [1.82, 2.24) is 5.32 Å². The molecule has 1 amide bonds. The number of hydrogen-bond acceptors (Lipinski definition) is 4. The fourth-order valence-electron chi connectivity index (χ4n) is 2.19. The Morgan fingerprint density at radius 3 is 2.12 bits per heavy atom. The van der Waals surface area contributed by atoms with Crippen LogP contribution in [-0.2, 0) is 27.3 Å². The van der Waals surface area contributed by atoms with E-state index in [1.165, 1.54) is 0 Å². The zero-order chi connectivity index (χ0) is 17.9. The van der Waals surface area contributed by atoms with Gasteiger partial charge in [-0.15, -0.1) is 11.6 Å². The number of benzene rings is 2. The molecule has 0 spiro atoms. The molecule has 0 aliphatic rings. The van der Waals surface area contributed by atoms with E-state index in [1.54, 1.807) is 0 Å². The lowest BCUT2D eigenvalue weighted by molar-refractivity contribution is -0.145. The molecule has 0 radical (unpaired) electrons. The second-order valence-electron chi connectivity index (χ2n) is 5.30. The Balaban J connectivity index is 1.94. The Kier molecular flexibility index (Phi) is 7.79. The standard InChI is InChI=1S/C19H20ClNO4/c20-11-12-24-18(22)17(13-15-7-3-1-4-8-15)21-19(23)25-14-16-9-5-2-6-10-16/h1-10,17H,11-14H2,(H,21,23)/t17-/m0/s1. The summed E-state index contributed by atoms with van der Waals surface area (Å²) in [5.41, 5.74) is 1.76. The Morgan fingerprint density at radius 1 is 0.920 bits per heavy atom. The first kappa shape index (κ1) is 18.8. The third kappa shape index (κ3) is 6.85. The predicted octanol–water partition coefficient (Wildman–Crippen LogP) is 3.31. The van der Waals surface area contributed by atoms with Crippen LogP contribution in [0.1, 0.15) is 11.1 Å². The minimum Gasteiger partial charge on any atom is -0.463 e. The van der Waals surface area contributed by atoms with Gasteiger partial charge in [0.15, 0.2) is 0 Å². The molecule has 0 saturated heterocycles. The molecule has 2 aromatic carbocycles. The number of rotatable bonds is 8. The van der Waals surface area contributed by atoms with E-state index in [0.29, 0.717) is 6.42 Å². The van der Waals surface area contributed by atoms with E-state index in [1.807, 2.05) is 60.7 Å². The summed E-state index contributed by atoms with van der Waals surface area (Å²) in [6.45, 7) is 0.216. The lowest BCUT2D eigenvalue weighted by Gasteiger charge is -2.17. The first-order chi connectivity index (χ1) is 12.2. The number of hydrogen-bond donors (Lipinski definition) is 1. The Labute approximate surface area is 151 Å². The first-order valence-corrected chi connectivity index (χ1v) is 8.46. The fraction of sp³-hybridized carbons (Fsp3) is 0.263. The summed E-state index contributed by atoms with van der Waals surface area (Å²) in [6, 6.07) is 17.8. The van der Waals surface area contributed by atoms with Crippen molar-refractivity contribution < 1.29 is 19.1 Å². The second kappa shape index (κ2) is 10.4. The number of nitrogens with one attached hydrogen (secondary N) is 1. The molecule has 2 rings (SSSR count). The molecule has 0 saturated carbocycles. The summed E-state index contributed by atoms with van der Waals surface area (Å²) in [4.78, 5) is 24.2. The number of alkyl carbamates (subject to hydrolysis) is 1. The van der Waals surface area contributed by atoms with E-state index in [2.05, 4.69) is 5.32 Å². The van der Waals surface area contributed by atoms with Crippen molar-refractivity contribution in [3.8, 4) is 0 Å². The highest BCUT2D eigenvalue weighted by molar-refractivity contribution is 6.18. The molecule has 0 aliphatic carbocycles. The van der Waals surface area contributed by atoms with Crippen LogP contribution in [0.25, 0.3) is 0 Å². The average Bonchev–Trinajstić information content (AvgIpc) is 2.65. The van der Waals surface area contributed by atoms with Gasteiger partial charge in [-0.1, -0.05) is 60.7 Å². The van der Waals surface area contributed by atoms with Crippen LogP contribution in [-0.4, -0.2) is 30.6 Å². The number of carbonyl (C=O) groups excluding carboxylic acids is 2. The highest BCUT2D eigenvalue weighted by Gasteiger charge is 2.23. The first-order valence-electron chi connectivity index (χ1n) is 7.93. The minimum absolute atomic E-state index is 0.0897. The van der Waals surface area contributed by atoms with Gasteiger partial charge in [0, 0.05) is 6.42 Å². The summed E-state index contributed by atoms with van der Waals surface area (Å²) in [6.07, 6.45) is -0.366. The molecule has 1 N–H and O–H groups in total. The van der Waals surface area contributed by atoms with Crippen molar-refractivity contribution in [3.63, 3.8) is 0 Å². The van der Waals surface area contributed by atoms with Gasteiger partial charge in [0.25, 0.3) is 0 Å². The van der Waals surface area contributed by atoms with Crippen molar-refractivity contribution in [2.24, 2.45) is 0 Å². The topological polar surface area (TPSA) is 64.6 Å². The predicted molar refractivity (Wildman–Crippen MR) is 95.4 cm³/mol. The van der Waals surface area contributed by atoms with Gasteiger partial charge in [0.05, 0.1) is 5.88 Å². The lowest BCUT2D eigenvalue weighted by Crippen LogP contribution is -2.43. The smallest absolute Gasteiger partial charge is 0.408 e. The number of esters is 1. The summed E-state index contributed by atoms with van der Waals surface area (Å²) >= 11 is 5.54. The Morgan fingerprint density at radius 2 is 1.52 bits per heavy atom. The molecular weight excluding hydrogens is 342 g/mol. The van der Waals surface area contributed by atoms with Crippen LogP contribution in [0.4, 0.5) is 4.79 Å². The maximum absolute atomic E-state index is 12.2. The van der Waals surface area contributed by atoms with Crippen LogP contribution in [0.2, 0.25) is 0 Å². The largest absolute Gasteiger partial charge is 0.463 e. The molecule has 6 heteroatoms. The van der Waals surface area contributed by atoms with Crippen molar-refractivity contribution in [2.75, 3.05) is 12.5 Å². The Hall–Kier alpha value is -2.53. The fourth-order valence-corrected chi connectivity index (χ4v) is 2.27. The van der Waals surface area contributed by atoms with E-state index in [4.69, 9.17) is 21.1 Å². The third-order valence-corrected chi connectivity index (χ3v) is 3.55. The molecule has 5 nitrogen and oxygen atoms in total. The molecule has 0 unspecified atom stereocenters. The van der Waals surface area contributed by atoms with Gasteiger partial charge >= 0.3 is 12.1 Å². The quantitative estimate of drug-likeness (QED) is 0.578. The summed E-state index contributed by atoms with van der Waals surface area (Å²) in [5.74, 6) is -0.344. The molecule has 2 aromatic rings. The molecule has 0 bridgehead atoms. The molecule has 132 valence electrons. The molecular formula is C19H20ClNO4. The van der Waals surface area contributed by atoms with Crippen LogP contribution < -0.4 is 5.32 Å². The molecule has 0 heterocycles. The maximum Gasteiger partial charge on any atom is 0.408 e. The normalized spacial score (nSPS) is 11.4. The van der Waals surface area contributed by atoms with Crippen LogP contribution in [0.3, 0.4) is 0 Å². The van der Waals surface area contributed by atoms with Gasteiger partial charge in [-0.25, -0.2) is 9.59 Å². The molecule has 0 fully saturated rings. The van der Waals surface area contributed by atoms with E-state index >= 15 is 0 Å². The average molecular weight is 362 g/mol. The zero-order valence-electron chi connectivity index (χ0n) is 13.7. The number of amides is 1. The van der Waals surface area contributed by atoms with E-state index in [9.17, 15) is 9.59 Å². The van der Waals surface area contributed by atoms with Crippen molar-refractivity contribution in [2.45, 2.75) is 19.1 Å². The van der Waals surface area contributed by atoms with E-state index < -0.39 is 18.1 Å². The monoisotopic (exact) mass is 361 g/mol. The molecule has 0 aromatic heterocycles. The van der Waals surface area contributed by atoms with Gasteiger partial charge < -0.3 is 14.8 Å². The summed E-state index contributed by atoms with van der Waals surface area (Å²) in [5, 5.41) is 2.57. The SMILES string of the molecule is O=C(N[C@@H](Cc1ccccc1)C(=O)OCCCl)OCc1ccccc1. The lowest BCUT2D eigenvalue weighted by atomic mass is 10.1. The van der Waals surface area contributed by atoms with E-state index in [-0.39, 0.29) is 19.1 Å². The zero-order valence-corrected chi connectivity index (χ0v) is 14.4. The van der Waals surface area contributed by atoms with Crippen molar-refractivity contribution in [1.29, 1.82) is 0 Å². The number of alkyl halides is 1. The van der Waals surface area contributed by atoms with Crippen LogP contribution in [0.5, 0.6) is 0 Å². The van der Waals surface area contributed by atoms with Crippen LogP contribution in [0, 0.1) is 0 Å². The number of carbonyl (C=O) groups is 2. The van der Waals surface area contributed by atoms with Gasteiger partial charge in [-0.05, 0) is 11.1 Å². The van der Waals surface area contributed by atoms with Crippen molar-refractivity contribution in [3.05, 3.63) is 71.8 Å². The van der Waals surface area contributed by atoms with Gasteiger partial charge in [-0.2, -0.15) is 0 Å². The second-order valence-corrected chi connectivity index (χ2v) is 5.68. The number of ether oxygens (including phenoxy) is 2. The highest BCUT2D eigenvalue weighted by Crippen LogP contribution is 2.06. The van der Waals surface area contributed by atoms with Crippen molar-refractivity contribution >= 4 is 23.7 Å². The third-order valence-electron chi connectivity index (χ3n) is 3.39. The number of halogens is 1. The molecule has 1 atom stereocenters. The van der Waals surface area contributed by atoms with Crippen LogP contribution in [0.15, 0.2) is 60.7 Å². The van der Waals surface area contributed by atoms with Gasteiger partial charge in [0.1, 0.15) is 19.3 Å². The summed E-state index contributed by atoms with van der Waals surface area (Å²) < 4.78 is 10.2. The molecule has 25 heavy (non-hydrogen) atoms.